The quantitative estimate of drug-likeness (QED) is 0.938. The predicted molar refractivity (Wildman–Crippen MR) is 82.3 cm³/mol. The van der Waals surface area contributed by atoms with Crippen molar-refractivity contribution < 1.29 is 5.11 Å². The third kappa shape index (κ3) is 2.61. The SMILES string of the molecule is CN1CCSCC1C(O)c1ccnn1-c1ccccc1. The van der Waals surface area contributed by atoms with E-state index in [0.29, 0.717) is 0 Å². The molecule has 2 aromatic rings. The number of thioether (sulfide) groups is 1. The Morgan fingerprint density at radius 3 is 2.85 bits per heavy atom. The van der Waals surface area contributed by atoms with E-state index in [9.17, 15) is 5.11 Å². The fourth-order valence-corrected chi connectivity index (χ4v) is 3.82. The molecule has 1 saturated heterocycles. The van der Waals surface area contributed by atoms with Gasteiger partial charge in [0.25, 0.3) is 0 Å². The van der Waals surface area contributed by atoms with Gasteiger partial charge in [0, 0.05) is 24.2 Å². The van der Waals surface area contributed by atoms with E-state index in [1.807, 2.05) is 52.8 Å². The summed E-state index contributed by atoms with van der Waals surface area (Å²) in [6.07, 6.45) is 1.23. The number of nitrogens with zero attached hydrogens (tertiary/aromatic N) is 3. The summed E-state index contributed by atoms with van der Waals surface area (Å²) < 4.78 is 1.83. The van der Waals surface area contributed by atoms with Crippen LogP contribution in [0.1, 0.15) is 11.8 Å². The lowest BCUT2D eigenvalue weighted by molar-refractivity contribution is 0.0708. The highest BCUT2D eigenvalue weighted by atomic mass is 32.2. The van der Waals surface area contributed by atoms with Crippen LogP contribution in [0.25, 0.3) is 5.69 Å². The Morgan fingerprint density at radius 1 is 1.30 bits per heavy atom. The molecule has 1 aromatic carbocycles. The number of para-hydroxylation sites is 1. The van der Waals surface area contributed by atoms with Crippen molar-refractivity contribution in [2.24, 2.45) is 0 Å². The average Bonchev–Trinajstić information content (AvgIpc) is 2.97. The second-order valence-corrected chi connectivity index (χ2v) is 6.22. The van der Waals surface area contributed by atoms with Crippen molar-refractivity contribution in [2.45, 2.75) is 12.1 Å². The Morgan fingerprint density at radius 2 is 2.10 bits per heavy atom. The molecule has 0 bridgehead atoms. The number of aromatic nitrogens is 2. The first kappa shape index (κ1) is 13.7. The molecule has 1 aromatic heterocycles. The lowest BCUT2D eigenvalue weighted by Crippen LogP contribution is -2.43. The minimum atomic E-state index is -0.518. The van der Waals surface area contributed by atoms with Gasteiger partial charge in [0.05, 0.1) is 17.4 Å². The fourth-order valence-electron chi connectivity index (χ4n) is 2.56. The summed E-state index contributed by atoms with van der Waals surface area (Å²) in [6.45, 7) is 1.02. The molecule has 0 saturated carbocycles. The normalized spacial score (nSPS) is 21.8. The first-order valence-corrected chi connectivity index (χ1v) is 7.98. The van der Waals surface area contributed by atoms with Crippen LogP contribution in [0.2, 0.25) is 0 Å². The molecule has 0 amide bonds. The lowest BCUT2D eigenvalue weighted by Gasteiger charge is -2.35. The maximum atomic E-state index is 10.7. The molecule has 0 aliphatic carbocycles. The highest BCUT2D eigenvalue weighted by Crippen LogP contribution is 2.27. The van der Waals surface area contributed by atoms with Gasteiger partial charge in [-0.25, -0.2) is 4.68 Å². The maximum absolute atomic E-state index is 10.7. The van der Waals surface area contributed by atoms with E-state index in [-0.39, 0.29) is 6.04 Å². The van der Waals surface area contributed by atoms with Crippen molar-refractivity contribution in [3.8, 4) is 5.69 Å². The molecule has 1 N–H and O–H groups in total. The Hall–Kier alpha value is -1.30. The topological polar surface area (TPSA) is 41.3 Å². The first-order valence-electron chi connectivity index (χ1n) is 6.83. The van der Waals surface area contributed by atoms with Gasteiger partial charge < -0.3 is 5.11 Å². The van der Waals surface area contributed by atoms with Crippen LogP contribution in [0.15, 0.2) is 42.6 Å². The minimum absolute atomic E-state index is 0.146. The Balaban J connectivity index is 1.89. The standard InChI is InChI=1S/C15H19N3OS/c1-17-9-10-20-11-14(17)15(19)13-7-8-16-18(13)12-5-3-2-4-6-12/h2-8,14-15,19H,9-11H2,1H3. The van der Waals surface area contributed by atoms with Crippen molar-refractivity contribution >= 4 is 11.8 Å². The van der Waals surface area contributed by atoms with Crippen LogP contribution < -0.4 is 0 Å². The van der Waals surface area contributed by atoms with Crippen molar-refractivity contribution in [2.75, 3.05) is 25.1 Å². The van der Waals surface area contributed by atoms with Crippen LogP contribution in [0.4, 0.5) is 0 Å². The van der Waals surface area contributed by atoms with Crippen LogP contribution in [0, 0.1) is 0 Å². The van der Waals surface area contributed by atoms with Crippen molar-refractivity contribution in [3.63, 3.8) is 0 Å². The number of likely N-dealkylation sites (N-methyl/N-ethyl adjacent to an activating group) is 1. The highest BCUT2D eigenvalue weighted by molar-refractivity contribution is 7.99. The number of aliphatic hydroxyl groups excluding tert-OH is 1. The number of benzene rings is 1. The molecule has 0 radical (unpaired) electrons. The molecule has 1 fully saturated rings. The summed E-state index contributed by atoms with van der Waals surface area (Å²) in [7, 11) is 2.08. The average molecular weight is 289 g/mol. The van der Waals surface area contributed by atoms with Crippen LogP contribution in [0.5, 0.6) is 0 Å². The number of hydrogen-bond acceptors (Lipinski definition) is 4. The zero-order valence-electron chi connectivity index (χ0n) is 11.5. The van der Waals surface area contributed by atoms with E-state index in [4.69, 9.17) is 0 Å². The predicted octanol–water partition coefficient (Wildman–Crippen LogP) is 1.95. The molecule has 106 valence electrons. The Kier molecular flexibility index (Phi) is 4.10. The number of rotatable bonds is 3. The van der Waals surface area contributed by atoms with Gasteiger partial charge in [-0.1, -0.05) is 18.2 Å². The second-order valence-electron chi connectivity index (χ2n) is 5.07. The molecule has 4 nitrogen and oxygen atoms in total. The third-order valence-corrected chi connectivity index (χ3v) is 4.83. The maximum Gasteiger partial charge on any atom is 0.112 e. The molecular weight excluding hydrogens is 270 g/mol. The van der Waals surface area contributed by atoms with Gasteiger partial charge >= 0.3 is 0 Å². The molecule has 2 atom stereocenters. The minimum Gasteiger partial charge on any atom is -0.385 e. The molecule has 1 aliphatic rings. The number of hydrogen-bond donors (Lipinski definition) is 1. The molecule has 3 rings (SSSR count). The van der Waals surface area contributed by atoms with E-state index >= 15 is 0 Å². The molecule has 1 aliphatic heterocycles. The van der Waals surface area contributed by atoms with Gasteiger partial charge in [0.15, 0.2) is 0 Å². The van der Waals surface area contributed by atoms with Gasteiger partial charge in [0.2, 0.25) is 0 Å². The zero-order valence-corrected chi connectivity index (χ0v) is 12.3. The Labute approximate surface area is 123 Å². The zero-order chi connectivity index (χ0) is 13.9. The molecule has 0 spiro atoms. The van der Waals surface area contributed by atoms with E-state index in [0.717, 1.165) is 29.4 Å². The largest absolute Gasteiger partial charge is 0.385 e. The lowest BCUT2D eigenvalue weighted by atomic mass is 10.1. The van der Waals surface area contributed by atoms with Crippen molar-refractivity contribution in [3.05, 3.63) is 48.3 Å². The number of aliphatic hydroxyl groups is 1. The van der Waals surface area contributed by atoms with Gasteiger partial charge in [0.1, 0.15) is 6.10 Å². The van der Waals surface area contributed by atoms with Crippen LogP contribution in [-0.4, -0.2) is 50.9 Å². The van der Waals surface area contributed by atoms with Gasteiger partial charge in [-0.05, 0) is 25.2 Å². The van der Waals surface area contributed by atoms with Crippen molar-refractivity contribution in [1.29, 1.82) is 0 Å². The molecular formula is C15H19N3OS. The van der Waals surface area contributed by atoms with E-state index in [1.165, 1.54) is 0 Å². The first-order chi connectivity index (χ1) is 9.77. The van der Waals surface area contributed by atoms with E-state index in [1.54, 1.807) is 6.20 Å². The van der Waals surface area contributed by atoms with Crippen LogP contribution in [-0.2, 0) is 0 Å². The highest BCUT2D eigenvalue weighted by Gasteiger charge is 2.29. The fraction of sp³-hybridized carbons (Fsp3) is 0.400. The van der Waals surface area contributed by atoms with Gasteiger partial charge in [-0.2, -0.15) is 16.9 Å². The smallest absolute Gasteiger partial charge is 0.112 e. The summed E-state index contributed by atoms with van der Waals surface area (Å²) in [6, 6.07) is 12.0. The van der Waals surface area contributed by atoms with Gasteiger partial charge in [-0.15, -0.1) is 0 Å². The van der Waals surface area contributed by atoms with Crippen LogP contribution in [0.3, 0.4) is 0 Å². The summed E-state index contributed by atoms with van der Waals surface area (Å²) in [5.41, 5.74) is 1.84. The Bertz CT molecular complexity index is 557. The van der Waals surface area contributed by atoms with Crippen LogP contribution >= 0.6 is 11.8 Å². The monoisotopic (exact) mass is 289 g/mol. The molecule has 5 heteroatoms. The summed E-state index contributed by atoms with van der Waals surface area (Å²) in [5.74, 6) is 2.09. The van der Waals surface area contributed by atoms with E-state index in [2.05, 4.69) is 17.0 Å². The molecule has 20 heavy (non-hydrogen) atoms. The summed E-state index contributed by atoms with van der Waals surface area (Å²) >= 11 is 1.90. The third-order valence-electron chi connectivity index (χ3n) is 3.78. The van der Waals surface area contributed by atoms with E-state index < -0.39 is 6.10 Å². The van der Waals surface area contributed by atoms with Crippen molar-refractivity contribution in [1.82, 2.24) is 14.7 Å². The molecule has 2 unspecified atom stereocenters. The second kappa shape index (κ2) is 5.99. The summed E-state index contributed by atoms with van der Waals surface area (Å²) in [4.78, 5) is 2.24. The van der Waals surface area contributed by atoms with Gasteiger partial charge in [-0.3, -0.25) is 4.90 Å². The summed E-state index contributed by atoms with van der Waals surface area (Å²) in [5, 5.41) is 15.1. The molecule has 2 heterocycles.